The molecule has 12 heteroatoms. The van der Waals surface area contributed by atoms with Gasteiger partial charge in [-0.15, -0.1) is 0 Å². The first kappa shape index (κ1) is 108. The number of anilines is 2. The van der Waals surface area contributed by atoms with Crippen LogP contribution in [0.25, 0.3) is 10.9 Å². The number of para-hydroxylation sites is 3. The fraction of sp³-hybridized carbons (Fsp3) is 0.742. The van der Waals surface area contributed by atoms with Gasteiger partial charge in [0.1, 0.15) is 0 Å². The van der Waals surface area contributed by atoms with Crippen molar-refractivity contribution in [2.45, 2.75) is 412 Å². The number of hydrogen-bond donors (Lipinski definition) is 0. The molecule has 12 heterocycles. The molecule has 14 fully saturated rings. The maximum Gasteiger partial charge on any atom is 0.0479 e. The van der Waals surface area contributed by atoms with Gasteiger partial charge in [-0.3, -0.25) is 9.80 Å². The average Bonchev–Trinajstić information content (AvgIpc) is 1.65. The van der Waals surface area contributed by atoms with Crippen molar-refractivity contribution in [1.29, 1.82) is 0 Å². The lowest BCUT2D eigenvalue weighted by atomic mass is 9.71. The van der Waals surface area contributed by atoms with E-state index in [1.807, 2.05) is 0 Å². The number of aryl methyl sites for hydroxylation is 3. The van der Waals surface area contributed by atoms with E-state index in [2.05, 4.69) is 354 Å². The molecule has 7 saturated carbocycles. The van der Waals surface area contributed by atoms with Gasteiger partial charge in [0, 0.05) is 161 Å². The van der Waals surface area contributed by atoms with E-state index in [0.29, 0.717) is 24.2 Å². The summed E-state index contributed by atoms with van der Waals surface area (Å²) in [6, 6.07) is 56.9. The SMILES string of the molecule is CC1C2CCCC2CN1C.CC1C2CCCCC2CCN1C.CC1C2CCCCC2CN1C.CC1CC2CCCC2N1C.CC1CC2CCCCC2CN1C.CC1CC2CCCCC2N1C.CC1CCC2CCCCC2N1C.CC1CCc2ccccc2N1C.CC1Cc2ccccc2CN1C.CC1Cc2ccccc2N1C.CC1c2ccccc2CCN1C.Cc1cc2ccccc2n1C. The summed E-state index contributed by atoms with van der Waals surface area (Å²) in [5.74, 6) is 11.5. The molecular formula is C124H204N12. The van der Waals surface area contributed by atoms with Crippen LogP contribution in [-0.4, -0.2) is 237 Å². The molecule has 0 radical (unpaired) electrons. The van der Waals surface area contributed by atoms with Crippen molar-refractivity contribution in [3.05, 3.63) is 166 Å². The first-order valence-electron chi connectivity index (χ1n) is 57.1. The van der Waals surface area contributed by atoms with Crippen LogP contribution in [0.2, 0.25) is 0 Å². The van der Waals surface area contributed by atoms with E-state index in [-0.39, 0.29) is 0 Å². The van der Waals surface area contributed by atoms with Crippen molar-refractivity contribution in [2.75, 3.05) is 120 Å². The van der Waals surface area contributed by atoms with Crippen LogP contribution in [0, 0.1) is 72.0 Å². The van der Waals surface area contributed by atoms with E-state index in [1.165, 1.54) is 332 Å². The van der Waals surface area contributed by atoms with Gasteiger partial charge in [-0.1, -0.05) is 193 Å². The Morgan fingerprint density at radius 2 is 0.691 bits per heavy atom. The molecule has 12 nitrogen and oxygen atoms in total. The second kappa shape index (κ2) is 52.4. The average molecular weight is 1860 g/mol. The van der Waals surface area contributed by atoms with Gasteiger partial charge >= 0.3 is 0 Å². The summed E-state index contributed by atoms with van der Waals surface area (Å²) in [6.45, 7) is 35.7. The molecule has 25 unspecified atom stereocenters. The highest BCUT2D eigenvalue weighted by atomic mass is 15.2. The predicted octanol–water partition coefficient (Wildman–Crippen LogP) is 27.0. The Kier molecular flexibility index (Phi) is 41.7. The van der Waals surface area contributed by atoms with Gasteiger partial charge in [-0.25, -0.2) is 0 Å². The first-order valence-corrected chi connectivity index (χ1v) is 57.1. The number of rotatable bonds is 0. The molecule has 0 bridgehead atoms. The number of likely N-dealkylation sites (tertiary alicyclic amines) is 7. The van der Waals surface area contributed by atoms with Crippen LogP contribution in [-0.2, 0) is 39.3 Å². The van der Waals surface area contributed by atoms with Crippen LogP contribution >= 0.6 is 0 Å². The molecule has 18 aliphatic rings. The largest absolute Gasteiger partial charge is 0.372 e. The van der Waals surface area contributed by atoms with E-state index in [1.54, 1.807) is 0 Å². The van der Waals surface area contributed by atoms with Gasteiger partial charge in [0.05, 0.1) is 0 Å². The molecule has 0 amide bonds. The molecule has 7 saturated heterocycles. The predicted molar refractivity (Wildman–Crippen MR) is 588 cm³/mol. The number of aromatic nitrogens is 1. The molecule has 11 aliphatic heterocycles. The van der Waals surface area contributed by atoms with E-state index in [4.69, 9.17) is 0 Å². The Hall–Kier alpha value is -5.12. The van der Waals surface area contributed by atoms with Crippen LogP contribution in [0.4, 0.5) is 11.4 Å². The normalized spacial score (nSPS) is 34.9. The maximum absolute atomic E-state index is 2.63. The number of likely N-dealkylation sites (N-methyl/N-ethyl adjacent to an activating group) is 3. The Bertz CT molecular complexity index is 4240. The number of hydrogen-bond acceptors (Lipinski definition) is 11. The highest BCUT2D eigenvalue weighted by Gasteiger charge is 2.44. The molecule has 0 spiro atoms. The zero-order chi connectivity index (χ0) is 97.0. The summed E-state index contributed by atoms with van der Waals surface area (Å²) >= 11 is 0. The molecular weight excluding hydrogens is 1660 g/mol. The number of nitrogens with zero attached hydrogens (tertiary/aromatic N) is 12. The molecule has 6 aromatic rings. The summed E-state index contributed by atoms with van der Waals surface area (Å²) in [4.78, 5) is 27.5. The van der Waals surface area contributed by atoms with Crippen molar-refractivity contribution in [3.8, 4) is 0 Å². The van der Waals surface area contributed by atoms with E-state index in [0.717, 1.165) is 132 Å². The summed E-state index contributed by atoms with van der Waals surface area (Å²) in [6.07, 6.45) is 53.6. The smallest absolute Gasteiger partial charge is 0.0479 e. The van der Waals surface area contributed by atoms with E-state index >= 15 is 0 Å². The Morgan fingerprint density at radius 3 is 1.30 bits per heavy atom. The van der Waals surface area contributed by atoms with Crippen LogP contribution in [0.5, 0.6) is 0 Å². The van der Waals surface area contributed by atoms with Crippen LogP contribution in [0.3, 0.4) is 0 Å². The standard InChI is InChI=1S/C11H21N.C11H15N.C11H21N.C11H15N.C11H21N.C11H15N.2C10H19N.C10H13N.C10H11N.2C9H17N/c2*1-9-7-10-5-3-4-6-11(10)8-12(9)2;2*1-9-11-6-4-3-5-10(11)7-8-12(9)2;2*1-9-7-8-10-5-3-4-6-11(10)12(9)2;1-8-10-6-4-3-5-9(10)7-11(8)2;3*1-8-7-9-5-3-4-6-10(9)11(8)2;1-7-9-5-3-4-8(9)6-10(7)2;1-7-6-8-4-3-5-9(8)10(7)2/h9-11H,3-8H2,1-2H3;3-6,9H,7-8H2,1-2H3;9-11H,3-8H2,1-2H3;3-6,9H,7-8H2,1-2H3;9-11H,3-8H2,1-2H3;3-6,9H,7-8H2,1-2H3;2*8-10H,3-7H2,1-2H3;3-6,8H,7H2,1-2H3;3-7H,1-2H3;2*7-9H,3-6H2,1-2H3. The third-order valence-corrected chi connectivity index (χ3v) is 40.0. The summed E-state index contributed by atoms with van der Waals surface area (Å²) in [7, 11) is 26.9. The van der Waals surface area contributed by atoms with Gasteiger partial charge in [-0.2, -0.15) is 0 Å². The minimum atomic E-state index is 0.593. The summed E-state index contributed by atoms with van der Waals surface area (Å²) < 4.78 is 2.20. The van der Waals surface area contributed by atoms with Crippen molar-refractivity contribution in [2.24, 2.45) is 72.1 Å². The molecule has 136 heavy (non-hydrogen) atoms. The van der Waals surface area contributed by atoms with Gasteiger partial charge in [0.25, 0.3) is 0 Å². The lowest BCUT2D eigenvalue weighted by molar-refractivity contribution is 0.0447. The third kappa shape index (κ3) is 28.3. The Labute approximate surface area is 836 Å². The summed E-state index contributed by atoms with van der Waals surface area (Å²) in [5, 5.41) is 1.33. The molecule has 0 N–H and O–H groups in total. The molecule has 7 aliphatic carbocycles. The summed E-state index contributed by atoms with van der Waals surface area (Å²) in [5.41, 5.74) is 14.5. The minimum Gasteiger partial charge on any atom is -0.372 e. The topological polar surface area (TPSA) is 40.6 Å². The molecule has 1 aromatic heterocycles. The first-order chi connectivity index (χ1) is 65.4. The van der Waals surface area contributed by atoms with Crippen molar-refractivity contribution in [1.82, 2.24) is 48.7 Å². The molecule has 25 atom stereocenters. The Balaban J connectivity index is 0.000000126. The van der Waals surface area contributed by atoms with Crippen molar-refractivity contribution < 1.29 is 0 Å². The minimum absolute atomic E-state index is 0.593. The molecule has 760 valence electrons. The fourth-order valence-electron chi connectivity index (χ4n) is 29.3. The Morgan fingerprint density at radius 1 is 0.265 bits per heavy atom. The van der Waals surface area contributed by atoms with Crippen LogP contribution < -0.4 is 9.80 Å². The number of fused-ring (bicyclic) bond motifs is 12. The third-order valence-electron chi connectivity index (χ3n) is 40.0. The van der Waals surface area contributed by atoms with Gasteiger partial charge < -0.3 is 48.7 Å². The second-order valence-electron chi connectivity index (χ2n) is 48.2. The lowest BCUT2D eigenvalue weighted by Gasteiger charge is -2.45. The highest BCUT2D eigenvalue weighted by molar-refractivity contribution is 5.81. The zero-order valence-electron chi connectivity index (χ0n) is 91.8. The fourth-order valence-corrected chi connectivity index (χ4v) is 29.3. The van der Waals surface area contributed by atoms with Crippen molar-refractivity contribution in [3.63, 3.8) is 0 Å². The number of piperidine rings is 3. The second-order valence-corrected chi connectivity index (χ2v) is 48.2. The van der Waals surface area contributed by atoms with Crippen LogP contribution in [0.15, 0.2) is 127 Å². The van der Waals surface area contributed by atoms with Gasteiger partial charge in [0.15, 0.2) is 0 Å². The van der Waals surface area contributed by atoms with E-state index < -0.39 is 0 Å². The zero-order valence-corrected chi connectivity index (χ0v) is 91.8. The van der Waals surface area contributed by atoms with Gasteiger partial charge in [-0.05, 0) is 429 Å². The van der Waals surface area contributed by atoms with Gasteiger partial charge in [0.2, 0.25) is 0 Å². The molecule has 5 aromatic carbocycles. The maximum atomic E-state index is 2.63. The van der Waals surface area contributed by atoms with E-state index in [9.17, 15) is 0 Å². The van der Waals surface area contributed by atoms with Crippen LogP contribution in [0.1, 0.15) is 333 Å². The quantitative estimate of drug-likeness (QED) is 0.146. The van der Waals surface area contributed by atoms with Crippen molar-refractivity contribution >= 4 is 22.3 Å². The lowest BCUT2D eigenvalue weighted by Crippen LogP contribution is -2.48. The highest BCUT2D eigenvalue weighted by Crippen LogP contribution is 2.46. The molecule has 24 rings (SSSR count). The monoisotopic (exact) mass is 1860 g/mol. The number of benzene rings is 5.